The topological polar surface area (TPSA) is 9.72 Å². The molecule has 3 nitrogen and oxygen atoms in total. The average Bonchev–Trinajstić information content (AvgIpc) is 2.41. The first-order valence-corrected chi connectivity index (χ1v) is 32.9. The molecule has 1 aromatic heterocycles. The summed E-state index contributed by atoms with van der Waals surface area (Å²) in [5.74, 6) is 0. The van der Waals surface area contributed by atoms with Crippen LogP contribution in [0.1, 0.15) is 226 Å². The summed E-state index contributed by atoms with van der Waals surface area (Å²) in [5, 5.41) is 2.68. The largest absolute Gasteiger partial charge is 0.334 e. The van der Waals surface area contributed by atoms with Crippen molar-refractivity contribution in [3.63, 3.8) is 0 Å². The molecule has 426 valence electrons. The van der Waals surface area contributed by atoms with Crippen molar-refractivity contribution in [2.75, 3.05) is 14.7 Å². The summed E-state index contributed by atoms with van der Waals surface area (Å²) in [5.41, 5.74) is 28.4. The zero-order valence-electron chi connectivity index (χ0n) is 53.6. The predicted molar refractivity (Wildman–Crippen MR) is 361 cm³/mol. The molecule has 15 rings (SSSR count). The number of hydrogen-bond donors (Lipinski definition) is 0. The molecule has 0 amide bonds. The molecule has 3 aliphatic heterocycles. The summed E-state index contributed by atoms with van der Waals surface area (Å²) in [4.78, 5) is 8.53. The van der Waals surface area contributed by atoms with Crippen LogP contribution in [0.15, 0.2) is 109 Å². The maximum Gasteiger partial charge on any atom is 0.252 e. The first-order chi connectivity index (χ1) is 38.9. The van der Waals surface area contributed by atoms with Crippen LogP contribution in [0, 0.1) is 6.92 Å². The molecule has 0 radical (unpaired) electrons. The number of hydrogen-bond acceptors (Lipinski definition) is 4. The third-order valence-corrected chi connectivity index (χ3v) is 24.9. The van der Waals surface area contributed by atoms with E-state index in [9.17, 15) is 0 Å². The lowest BCUT2D eigenvalue weighted by molar-refractivity contribution is 0.195. The van der Waals surface area contributed by atoms with Gasteiger partial charge < -0.3 is 14.7 Å². The van der Waals surface area contributed by atoms with Crippen LogP contribution in [-0.4, -0.2) is 12.3 Å². The number of benzene rings is 7. The smallest absolute Gasteiger partial charge is 0.252 e. The lowest BCUT2D eigenvalue weighted by atomic mass is 9.32. The first kappa shape index (κ1) is 53.9. The molecule has 4 heterocycles. The molecule has 7 aliphatic rings. The Labute approximate surface area is 502 Å². The molecule has 7 aromatic carbocycles. The standard InChI is InChI=1S/C78H90BN3S/c1-46-35-52-57(76(15,16)45-75(52,13)14)42-62(46)81-64-44-56-54(72(7,8)32-34-74(56,11)12)41-60(64)79-59-40-53-55(73(9,10)33-31-71(53,5)6)43-63(59)80(48-26-28-68-51(37-48)50-23-19-20-24-67(50)83-68)65-38-49(39-66(81)69(65)79)82-61-27-25-47(70(2,3)4)36-58(61)77(17)29-21-22-30-78(77,82)18/h19-20,23-28,35-44H,21-22,29-34,45H2,1-18H3. The van der Waals surface area contributed by atoms with Gasteiger partial charge in [0.1, 0.15) is 0 Å². The van der Waals surface area contributed by atoms with Gasteiger partial charge in [0.2, 0.25) is 0 Å². The van der Waals surface area contributed by atoms with Gasteiger partial charge in [0, 0.05) is 71.1 Å². The average molecular weight is 1110 g/mol. The Bertz CT molecular complexity index is 4150. The number of anilines is 8. The van der Waals surface area contributed by atoms with E-state index in [-0.39, 0.29) is 55.6 Å². The molecule has 2 atom stereocenters. The van der Waals surface area contributed by atoms with Crippen molar-refractivity contribution < 1.29 is 0 Å². The summed E-state index contributed by atoms with van der Waals surface area (Å²) >= 11 is 1.92. The van der Waals surface area contributed by atoms with Crippen molar-refractivity contribution in [1.82, 2.24) is 0 Å². The molecule has 0 N–H and O–H groups in total. The summed E-state index contributed by atoms with van der Waals surface area (Å²) in [6.07, 6.45) is 10.6. The normalized spacial score (nSPS) is 24.2. The maximum absolute atomic E-state index is 2.90. The van der Waals surface area contributed by atoms with Crippen LogP contribution in [0.25, 0.3) is 20.2 Å². The fourth-order valence-electron chi connectivity index (χ4n) is 18.6. The molecular weight excluding hydrogens is 1020 g/mol. The van der Waals surface area contributed by atoms with Crippen LogP contribution in [0.2, 0.25) is 0 Å². The van der Waals surface area contributed by atoms with Gasteiger partial charge in [-0.25, -0.2) is 0 Å². The summed E-state index contributed by atoms with van der Waals surface area (Å²) < 4.78 is 2.69. The highest BCUT2D eigenvalue weighted by Crippen LogP contribution is 2.63. The maximum atomic E-state index is 2.90. The van der Waals surface area contributed by atoms with Crippen LogP contribution in [0.5, 0.6) is 0 Å². The predicted octanol–water partition coefficient (Wildman–Crippen LogP) is 20.1. The molecule has 4 aliphatic carbocycles. The molecule has 5 heteroatoms. The number of aryl methyl sites for hydroxylation is 1. The van der Waals surface area contributed by atoms with E-state index in [1.807, 2.05) is 11.3 Å². The van der Waals surface area contributed by atoms with Crippen molar-refractivity contribution >= 4 is 100 Å². The highest BCUT2D eigenvalue weighted by molar-refractivity contribution is 7.25. The van der Waals surface area contributed by atoms with E-state index < -0.39 is 0 Å². The summed E-state index contributed by atoms with van der Waals surface area (Å²) in [6, 6.07) is 45.9. The first-order valence-electron chi connectivity index (χ1n) is 32.0. The van der Waals surface area contributed by atoms with E-state index in [2.05, 4.69) is 249 Å². The van der Waals surface area contributed by atoms with Crippen LogP contribution < -0.4 is 31.1 Å². The molecule has 1 fully saturated rings. The SMILES string of the molecule is Cc1cc2c(cc1N1c3cc4c(cc3B3c5cc6c(cc5N(c5ccc7sc8ccccc8c7c5)c5cc(N7c8ccc(C(C)(C)C)cc8C8(C)CCCCC78C)cc1c53)C(C)(C)CCC6(C)C)C(C)(C)CCC4(C)C)C(C)(C)CC2(C)C. The Morgan fingerprint density at radius 1 is 0.422 bits per heavy atom. The van der Waals surface area contributed by atoms with Gasteiger partial charge in [0.15, 0.2) is 0 Å². The minimum Gasteiger partial charge on any atom is -0.334 e. The fraction of sp³-hybridized carbons (Fsp3) is 0.462. The van der Waals surface area contributed by atoms with Crippen LogP contribution in [0.4, 0.5) is 45.5 Å². The Balaban J connectivity index is 1.12. The van der Waals surface area contributed by atoms with Gasteiger partial charge in [0.05, 0.1) is 5.54 Å². The Morgan fingerprint density at radius 2 is 0.940 bits per heavy atom. The molecule has 2 unspecified atom stereocenters. The van der Waals surface area contributed by atoms with Gasteiger partial charge in [-0.15, -0.1) is 11.3 Å². The monoisotopic (exact) mass is 1110 g/mol. The third-order valence-electron chi connectivity index (χ3n) is 23.8. The second-order valence-electron chi connectivity index (χ2n) is 33.0. The molecule has 8 aromatic rings. The minimum atomic E-state index is -0.157. The quantitative estimate of drug-likeness (QED) is 0.163. The Morgan fingerprint density at radius 3 is 1.55 bits per heavy atom. The molecule has 1 saturated carbocycles. The number of fused-ring (bicyclic) bond motifs is 13. The van der Waals surface area contributed by atoms with E-state index in [4.69, 9.17) is 0 Å². The van der Waals surface area contributed by atoms with E-state index >= 15 is 0 Å². The zero-order chi connectivity index (χ0) is 58.5. The van der Waals surface area contributed by atoms with Gasteiger partial charge >= 0.3 is 0 Å². The Kier molecular flexibility index (Phi) is 10.9. The second-order valence-corrected chi connectivity index (χ2v) is 34.1. The van der Waals surface area contributed by atoms with Gasteiger partial charge in [-0.1, -0.05) is 172 Å². The van der Waals surface area contributed by atoms with E-state index in [0.29, 0.717) is 0 Å². The molecule has 83 heavy (non-hydrogen) atoms. The summed E-state index contributed by atoms with van der Waals surface area (Å²) in [6.45, 7) is 45.1. The molecular formula is C78H90BN3S. The number of nitrogens with zero attached hydrogens (tertiary/aromatic N) is 3. The van der Waals surface area contributed by atoms with Crippen LogP contribution in [-0.2, 0) is 43.3 Å². The van der Waals surface area contributed by atoms with E-state index in [1.165, 1.54) is 177 Å². The third kappa shape index (κ3) is 7.34. The van der Waals surface area contributed by atoms with Crippen LogP contribution in [0.3, 0.4) is 0 Å². The number of rotatable bonds is 3. The lowest BCUT2D eigenvalue weighted by Gasteiger charge is -2.52. The zero-order valence-corrected chi connectivity index (χ0v) is 54.4. The minimum absolute atomic E-state index is 0.00427. The van der Waals surface area contributed by atoms with Crippen LogP contribution >= 0.6 is 11.3 Å². The van der Waals surface area contributed by atoms with Crippen molar-refractivity contribution in [3.05, 3.63) is 159 Å². The lowest BCUT2D eigenvalue weighted by Crippen LogP contribution is -2.62. The van der Waals surface area contributed by atoms with Crippen molar-refractivity contribution in [2.45, 2.75) is 231 Å². The second kappa shape index (κ2) is 16.8. The van der Waals surface area contributed by atoms with E-state index in [1.54, 1.807) is 0 Å². The molecule has 0 bridgehead atoms. The van der Waals surface area contributed by atoms with Crippen molar-refractivity contribution in [3.8, 4) is 0 Å². The molecule has 0 spiro atoms. The van der Waals surface area contributed by atoms with E-state index in [0.717, 1.165) is 12.8 Å². The molecule has 0 saturated heterocycles. The van der Waals surface area contributed by atoms with Gasteiger partial charge in [-0.05, 0) is 224 Å². The highest BCUT2D eigenvalue weighted by Gasteiger charge is 2.59. The van der Waals surface area contributed by atoms with Crippen molar-refractivity contribution in [1.29, 1.82) is 0 Å². The van der Waals surface area contributed by atoms with Gasteiger partial charge in [-0.3, -0.25) is 0 Å². The highest BCUT2D eigenvalue weighted by atomic mass is 32.1. The van der Waals surface area contributed by atoms with Gasteiger partial charge in [0.25, 0.3) is 6.71 Å². The summed E-state index contributed by atoms with van der Waals surface area (Å²) in [7, 11) is 0. The fourth-order valence-corrected chi connectivity index (χ4v) is 19.7. The van der Waals surface area contributed by atoms with Crippen molar-refractivity contribution in [2.24, 2.45) is 0 Å². The number of thiophene rings is 1. The van der Waals surface area contributed by atoms with Gasteiger partial charge in [-0.2, -0.15) is 0 Å². The Hall–Kier alpha value is -5.78.